The van der Waals surface area contributed by atoms with Gasteiger partial charge in [-0.1, -0.05) is 25.6 Å². The third-order valence-electron chi connectivity index (χ3n) is 1.35. The smallest absolute Gasteiger partial charge is 0.342 e. The maximum atomic E-state index is 11.2. The maximum absolute atomic E-state index is 11.2. The number of carbonyl (C=O) groups is 1. The molecule has 0 saturated heterocycles. The van der Waals surface area contributed by atoms with Crippen LogP contribution < -0.4 is 5.56 Å². The second-order valence-electron chi connectivity index (χ2n) is 2.90. The summed E-state index contributed by atoms with van der Waals surface area (Å²) >= 11 is 1.37. The third-order valence-corrected chi connectivity index (χ3v) is 2.26. The van der Waals surface area contributed by atoms with Crippen molar-refractivity contribution in [1.82, 2.24) is 9.97 Å². The van der Waals surface area contributed by atoms with E-state index in [4.69, 9.17) is 5.11 Å². The third kappa shape index (κ3) is 2.59. The van der Waals surface area contributed by atoms with Crippen LogP contribution in [0.1, 0.15) is 24.2 Å². The molecule has 0 saturated carbocycles. The van der Waals surface area contributed by atoms with Crippen molar-refractivity contribution in [3.05, 3.63) is 22.1 Å². The van der Waals surface area contributed by atoms with Gasteiger partial charge in [0.25, 0.3) is 5.56 Å². The fourth-order valence-electron chi connectivity index (χ4n) is 0.814. The molecular formula is C8H10N2O3S. The van der Waals surface area contributed by atoms with Gasteiger partial charge in [0.15, 0.2) is 5.16 Å². The van der Waals surface area contributed by atoms with Gasteiger partial charge in [-0.3, -0.25) is 4.79 Å². The minimum atomic E-state index is -1.26. The summed E-state index contributed by atoms with van der Waals surface area (Å²) in [4.78, 5) is 27.9. The van der Waals surface area contributed by atoms with Crippen LogP contribution in [0.25, 0.3) is 0 Å². The predicted octanol–water partition coefficient (Wildman–Crippen LogP) is 0.969. The van der Waals surface area contributed by atoms with Gasteiger partial charge in [0, 0.05) is 11.4 Å². The summed E-state index contributed by atoms with van der Waals surface area (Å²) in [5.74, 6) is -1.26. The number of hydrogen-bond acceptors (Lipinski definition) is 4. The number of thioether (sulfide) groups is 1. The molecule has 0 radical (unpaired) electrons. The minimum Gasteiger partial charge on any atom is -0.477 e. The summed E-state index contributed by atoms with van der Waals surface area (Å²) in [5.41, 5.74) is -0.950. The summed E-state index contributed by atoms with van der Waals surface area (Å²) in [7, 11) is 0. The van der Waals surface area contributed by atoms with Crippen LogP contribution in [0, 0.1) is 0 Å². The minimum absolute atomic E-state index is 0.286. The van der Waals surface area contributed by atoms with E-state index in [1.54, 1.807) is 0 Å². The number of aromatic amines is 1. The van der Waals surface area contributed by atoms with E-state index < -0.39 is 11.5 Å². The van der Waals surface area contributed by atoms with Crippen molar-refractivity contribution in [3.63, 3.8) is 0 Å². The number of nitrogens with one attached hydrogen (secondary N) is 1. The van der Waals surface area contributed by atoms with Gasteiger partial charge in [-0.05, 0) is 0 Å². The highest BCUT2D eigenvalue weighted by Crippen LogP contribution is 2.16. The average molecular weight is 214 g/mol. The van der Waals surface area contributed by atoms with Crippen LogP contribution in [0.3, 0.4) is 0 Å². The normalized spacial score (nSPS) is 10.5. The highest BCUT2D eigenvalue weighted by Gasteiger charge is 2.10. The van der Waals surface area contributed by atoms with Gasteiger partial charge in [-0.2, -0.15) is 0 Å². The van der Waals surface area contributed by atoms with Gasteiger partial charge in [-0.15, -0.1) is 0 Å². The average Bonchev–Trinajstić information content (AvgIpc) is 2.01. The second kappa shape index (κ2) is 4.28. The molecule has 1 rings (SSSR count). The number of nitrogens with zero attached hydrogens (tertiary/aromatic N) is 1. The summed E-state index contributed by atoms with van der Waals surface area (Å²) in [6.45, 7) is 3.91. The number of carboxylic acid groups (broad SMARTS) is 1. The first-order valence-electron chi connectivity index (χ1n) is 4.00. The summed E-state index contributed by atoms with van der Waals surface area (Å²) in [5, 5.41) is 9.30. The second-order valence-corrected chi connectivity index (χ2v) is 4.47. The molecule has 0 aliphatic carbocycles. The first kappa shape index (κ1) is 10.8. The van der Waals surface area contributed by atoms with E-state index in [9.17, 15) is 9.59 Å². The lowest BCUT2D eigenvalue weighted by Crippen LogP contribution is -2.18. The zero-order valence-corrected chi connectivity index (χ0v) is 8.59. The van der Waals surface area contributed by atoms with Crippen LogP contribution in [0.2, 0.25) is 0 Å². The molecule has 0 unspecified atom stereocenters. The van der Waals surface area contributed by atoms with E-state index in [1.165, 1.54) is 11.8 Å². The van der Waals surface area contributed by atoms with E-state index in [0.717, 1.165) is 6.20 Å². The van der Waals surface area contributed by atoms with E-state index >= 15 is 0 Å². The SMILES string of the molecule is CC(C)Sc1ncc(C(=O)O)c(=O)[nH]1. The molecular weight excluding hydrogens is 204 g/mol. The van der Waals surface area contributed by atoms with Crippen LogP contribution in [0.15, 0.2) is 16.1 Å². The Balaban J connectivity index is 3.01. The van der Waals surface area contributed by atoms with Crippen molar-refractivity contribution >= 4 is 17.7 Å². The monoisotopic (exact) mass is 214 g/mol. The van der Waals surface area contributed by atoms with Crippen molar-refractivity contribution in [2.45, 2.75) is 24.3 Å². The Morgan fingerprint density at radius 3 is 2.71 bits per heavy atom. The van der Waals surface area contributed by atoms with Gasteiger partial charge >= 0.3 is 5.97 Å². The fraction of sp³-hybridized carbons (Fsp3) is 0.375. The zero-order chi connectivity index (χ0) is 10.7. The standard InChI is InChI=1S/C8H10N2O3S/c1-4(2)14-8-9-3-5(7(12)13)6(11)10-8/h3-4H,1-2H3,(H,12,13)(H,9,10,11). The van der Waals surface area contributed by atoms with Gasteiger partial charge in [0.1, 0.15) is 5.56 Å². The maximum Gasteiger partial charge on any atom is 0.342 e. The molecule has 0 aliphatic heterocycles. The largest absolute Gasteiger partial charge is 0.477 e. The molecule has 0 aromatic carbocycles. The van der Waals surface area contributed by atoms with Crippen molar-refractivity contribution < 1.29 is 9.90 Å². The molecule has 76 valence electrons. The number of H-pyrrole nitrogens is 1. The number of hydrogen-bond donors (Lipinski definition) is 2. The van der Waals surface area contributed by atoms with Gasteiger partial charge in [-0.25, -0.2) is 9.78 Å². The van der Waals surface area contributed by atoms with Crippen molar-refractivity contribution in [2.24, 2.45) is 0 Å². The Morgan fingerprint density at radius 2 is 2.29 bits per heavy atom. The Labute approximate surface area is 84.6 Å². The lowest BCUT2D eigenvalue weighted by molar-refractivity contribution is 0.0694. The molecule has 6 heteroatoms. The topological polar surface area (TPSA) is 83.0 Å². The Morgan fingerprint density at radius 1 is 1.64 bits per heavy atom. The molecule has 14 heavy (non-hydrogen) atoms. The van der Waals surface area contributed by atoms with Crippen molar-refractivity contribution in [2.75, 3.05) is 0 Å². The molecule has 1 aromatic heterocycles. The number of aromatic nitrogens is 2. The molecule has 0 fully saturated rings. The van der Waals surface area contributed by atoms with Gasteiger partial charge in [0.2, 0.25) is 0 Å². The van der Waals surface area contributed by atoms with E-state index in [-0.39, 0.29) is 10.8 Å². The Hall–Kier alpha value is -1.30. The lowest BCUT2D eigenvalue weighted by atomic mass is 10.3. The first-order chi connectivity index (χ1) is 6.50. The summed E-state index contributed by atoms with van der Waals surface area (Å²) in [6, 6.07) is 0. The predicted molar refractivity (Wildman–Crippen MR) is 52.8 cm³/mol. The van der Waals surface area contributed by atoms with E-state index in [1.807, 2.05) is 13.8 Å². The number of aromatic carboxylic acids is 1. The highest BCUT2D eigenvalue weighted by atomic mass is 32.2. The van der Waals surface area contributed by atoms with Crippen LogP contribution in [-0.2, 0) is 0 Å². The molecule has 0 atom stereocenters. The molecule has 0 spiro atoms. The van der Waals surface area contributed by atoms with E-state index in [0.29, 0.717) is 5.16 Å². The molecule has 0 amide bonds. The molecule has 1 heterocycles. The molecule has 0 aliphatic rings. The molecule has 2 N–H and O–H groups in total. The zero-order valence-electron chi connectivity index (χ0n) is 7.77. The van der Waals surface area contributed by atoms with Crippen molar-refractivity contribution in [1.29, 1.82) is 0 Å². The van der Waals surface area contributed by atoms with Crippen molar-refractivity contribution in [3.8, 4) is 0 Å². The van der Waals surface area contributed by atoms with Gasteiger partial charge in [0.05, 0.1) is 0 Å². The lowest BCUT2D eigenvalue weighted by Gasteiger charge is -2.02. The Bertz CT molecular complexity index is 400. The van der Waals surface area contributed by atoms with Crippen LogP contribution >= 0.6 is 11.8 Å². The van der Waals surface area contributed by atoms with Crippen LogP contribution in [-0.4, -0.2) is 26.3 Å². The Kier molecular flexibility index (Phi) is 3.29. The first-order valence-corrected chi connectivity index (χ1v) is 4.88. The van der Waals surface area contributed by atoms with Crippen LogP contribution in [0.4, 0.5) is 0 Å². The molecule has 1 aromatic rings. The number of carboxylic acids is 1. The quantitative estimate of drug-likeness (QED) is 0.578. The summed E-state index contributed by atoms with van der Waals surface area (Å²) < 4.78 is 0. The van der Waals surface area contributed by atoms with Gasteiger partial charge < -0.3 is 10.1 Å². The molecule has 5 nitrogen and oxygen atoms in total. The molecule has 0 bridgehead atoms. The van der Waals surface area contributed by atoms with E-state index in [2.05, 4.69) is 9.97 Å². The highest BCUT2D eigenvalue weighted by molar-refractivity contribution is 7.99. The summed E-state index contributed by atoms with van der Waals surface area (Å²) in [6.07, 6.45) is 1.08. The fourth-order valence-corrected chi connectivity index (χ4v) is 1.53. The van der Waals surface area contributed by atoms with Crippen LogP contribution in [0.5, 0.6) is 0 Å². The number of rotatable bonds is 3.